The summed E-state index contributed by atoms with van der Waals surface area (Å²) in [6.07, 6.45) is 3.80. The summed E-state index contributed by atoms with van der Waals surface area (Å²) in [6, 6.07) is 7.74. The first-order chi connectivity index (χ1) is 11.3. The van der Waals surface area contributed by atoms with Crippen molar-refractivity contribution < 1.29 is 9.47 Å². The molecule has 6 nitrogen and oxygen atoms in total. The maximum absolute atomic E-state index is 5.44. The van der Waals surface area contributed by atoms with Crippen LogP contribution in [0.2, 0.25) is 0 Å². The van der Waals surface area contributed by atoms with E-state index >= 15 is 0 Å². The summed E-state index contributed by atoms with van der Waals surface area (Å²) >= 11 is 0. The summed E-state index contributed by atoms with van der Waals surface area (Å²) in [4.78, 5) is 11.6. The largest absolute Gasteiger partial charge is 0.497 e. The molecule has 0 saturated carbocycles. The minimum Gasteiger partial charge on any atom is -0.497 e. The van der Waals surface area contributed by atoms with Gasteiger partial charge in [-0.3, -0.25) is 0 Å². The second kappa shape index (κ2) is 7.28. The van der Waals surface area contributed by atoms with E-state index < -0.39 is 0 Å². The van der Waals surface area contributed by atoms with Gasteiger partial charge in [-0.25, -0.2) is 9.98 Å². The summed E-state index contributed by atoms with van der Waals surface area (Å²) in [7, 11) is 1.66. The van der Waals surface area contributed by atoms with Crippen LogP contribution in [0.4, 0.5) is 11.5 Å². The van der Waals surface area contributed by atoms with Crippen molar-refractivity contribution in [1.82, 2.24) is 9.55 Å². The maximum atomic E-state index is 5.44. The number of hydrogen-bond acceptors (Lipinski definition) is 5. The van der Waals surface area contributed by atoms with Gasteiger partial charge in [-0.2, -0.15) is 0 Å². The third-order valence-corrected chi connectivity index (χ3v) is 3.87. The van der Waals surface area contributed by atoms with E-state index in [0.29, 0.717) is 0 Å². The lowest BCUT2D eigenvalue weighted by Crippen LogP contribution is -2.41. The van der Waals surface area contributed by atoms with Gasteiger partial charge in [0.2, 0.25) is 0 Å². The predicted octanol–water partition coefficient (Wildman–Crippen LogP) is 1.98. The summed E-state index contributed by atoms with van der Waals surface area (Å²) in [5.74, 6) is 1.74. The summed E-state index contributed by atoms with van der Waals surface area (Å²) in [6.45, 7) is 6.08. The summed E-state index contributed by atoms with van der Waals surface area (Å²) in [5.41, 5.74) is 1.76. The lowest BCUT2D eigenvalue weighted by Gasteiger charge is -2.28. The average Bonchev–Trinajstić information content (AvgIpc) is 2.63. The SMILES string of the molecule is CCn1ccnc(N2CCOCC2)c1=Nc1ccc(OC)cc1. The number of hydrogen-bond donors (Lipinski definition) is 0. The number of anilines is 1. The van der Waals surface area contributed by atoms with Gasteiger partial charge in [0.1, 0.15) is 5.75 Å². The zero-order valence-corrected chi connectivity index (χ0v) is 13.6. The Morgan fingerprint density at radius 3 is 2.61 bits per heavy atom. The second-order valence-corrected chi connectivity index (χ2v) is 5.27. The number of benzene rings is 1. The molecular formula is C17H22N4O2. The minimum atomic E-state index is 0.727. The lowest BCUT2D eigenvalue weighted by molar-refractivity contribution is 0.122. The molecule has 0 N–H and O–H groups in total. The van der Waals surface area contributed by atoms with Gasteiger partial charge in [0.25, 0.3) is 0 Å². The first-order valence-electron chi connectivity index (χ1n) is 7.88. The third-order valence-electron chi connectivity index (χ3n) is 3.87. The highest BCUT2D eigenvalue weighted by Crippen LogP contribution is 2.17. The Morgan fingerprint density at radius 2 is 1.96 bits per heavy atom. The van der Waals surface area contributed by atoms with Gasteiger partial charge >= 0.3 is 0 Å². The molecule has 0 unspecified atom stereocenters. The van der Waals surface area contributed by atoms with Crippen LogP contribution in [0, 0.1) is 0 Å². The van der Waals surface area contributed by atoms with Crippen molar-refractivity contribution in [2.75, 3.05) is 38.3 Å². The van der Waals surface area contributed by atoms with Crippen LogP contribution < -0.4 is 15.1 Å². The second-order valence-electron chi connectivity index (χ2n) is 5.27. The number of morpholine rings is 1. The Hall–Kier alpha value is -2.34. The van der Waals surface area contributed by atoms with Crippen LogP contribution in [-0.4, -0.2) is 43.0 Å². The molecule has 1 saturated heterocycles. The monoisotopic (exact) mass is 314 g/mol. The van der Waals surface area contributed by atoms with Crippen LogP contribution in [0.5, 0.6) is 5.75 Å². The molecule has 0 atom stereocenters. The fourth-order valence-corrected chi connectivity index (χ4v) is 2.59. The van der Waals surface area contributed by atoms with Crippen LogP contribution in [-0.2, 0) is 11.3 Å². The van der Waals surface area contributed by atoms with E-state index in [1.54, 1.807) is 7.11 Å². The van der Waals surface area contributed by atoms with Crippen LogP contribution in [0.1, 0.15) is 6.92 Å². The molecule has 2 aromatic rings. The Bertz CT molecular complexity index is 703. The number of aromatic nitrogens is 2. The van der Waals surface area contributed by atoms with Gasteiger partial charge in [-0.1, -0.05) is 0 Å². The minimum absolute atomic E-state index is 0.727. The quantitative estimate of drug-likeness (QED) is 0.866. The molecule has 1 aliphatic rings. The van der Waals surface area contributed by atoms with Gasteiger partial charge in [0.15, 0.2) is 11.3 Å². The normalized spacial score (nSPS) is 15.7. The predicted molar refractivity (Wildman–Crippen MR) is 89.2 cm³/mol. The Morgan fingerprint density at radius 1 is 1.22 bits per heavy atom. The molecule has 1 aromatic heterocycles. The smallest absolute Gasteiger partial charge is 0.176 e. The molecule has 0 radical (unpaired) electrons. The zero-order chi connectivity index (χ0) is 16.1. The average molecular weight is 314 g/mol. The number of rotatable bonds is 4. The molecule has 122 valence electrons. The summed E-state index contributed by atoms with van der Waals surface area (Å²) in [5, 5.41) is 0. The van der Waals surface area contributed by atoms with Crippen molar-refractivity contribution in [1.29, 1.82) is 0 Å². The highest BCUT2D eigenvalue weighted by atomic mass is 16.5. The Balaban J connectivity index is 2.05. The Kier molecular flexibility index (Phi) is 4.92. The van der Waals surface area contributed by atoms with Gasteiger partial charge in [0.05, 0.1) is 26.0 Å². The molecule has 0 bridgehead atoms. The number of aryl methyl sites for hydroxylation is 1. The van der Waals surface area contributed by atoms with Crippen molar-refractivity contribution in [3.8, 4) is 5.75 Å². The molecule has 0 aliphatic carbocycles. The maximum Gasteiger partial charge on any atom is 0.176 e. The zero-order valence-electron chi connectivity index (χ0n) is 13.6. The van der Waals surface area contributed by atoms with E-state index in [9.17, 15) is 0 Å². The van der Waals surface area contributed by atoms with E-state index in [1.807, 2.05) is 36.7 Å². The summed E-state index contributed by atoms with van der Waals surface area (Å²) < 4.78 is 12.8. The van der Waals surface area contributed by atoms with Crippen LogP contribution in [0.15, 0.2) is 41.7 Å². The van der Waals surface area contributed by atoms with E-state index in [4.69, 9.17) is 14.5 Å². The topological polar surface area (TPSA) is 51.9 Å². The third kappa shape index (κ3) is 3.53. The molecule has 0 spiro atoms. The number of methoxy groups -OCH3 is 1. The van der Waals surface area contributed by atoms with E-state index in [0.717, 1.165) is 55.6 Å². The van der Waals surface area contributed by atoms with Gasteiger partial charge < -0.3 is 18.9 Å². The first-order valence-corrected chi connectivity index (χ1v) is 7.88. The van der Waals surface area contributed by atoms with Crippen molar-refractivity contribution >= 4 is 11.5 Å². The van der Waals surface area contributed by atoms with Crippen LogP contribution >= 0.6 is 0 Å². The van der Waals surface area contributed by atoms with Crippen LogP contribution in [0.3, 0.4) is 0 Å². The first kappa shape index (κ1) is 15.6. The number of nitrogens with zero attached hydrogens (tertiary/aromatic N) is 4. The molecule has 2 heterocycles. The van der Waals surface area contributed by atoms with Crippen molar-refractivity contribution in [2.24, 2.45) is 4.99 Å². The van der Waals surface area contributed by atoms with Gasteiger partial charge in [-0.15, -0.1) is 0 Å². The molecule has 6 heteroatoms. The number of ether oxygens (including phenoxy) is 2. The van der Waals surface area contributed by atoms with Gasteiger partial charge in [0, 0.05) is 32.0 Å². The van der Waals surface area contributed by atoms with Crippen molar-refractivity contribution in [3.63, 3.8) is 0 Å². The van der Waals surface area contributed by atoms with E-state index in [1.165, 1.54) is 0 Å². The van der Waals surface area contributed by atoms with Gasteiger partial charge in [-0.05, 0) is 31.2 Å². The fourth-order valence-electron chi connectivity index (χ4n) is 2.59. The highest BCUT2D eigenvalue weighted by molar-refractivity contribution is 5.43. The Labute approximate surface area is 136 Å². The molecule has 0 amide bonds. The lowest BCUT2D eigenvalue weighted by atomic mass is 10.3. The fraction of sp³-hybridized carbons (Fsp3) is 0.412. The van der Waals surface area contributed by atoms with Crippen molar-refractivity contribution in [3.05, 3.63) is 42.1 Å². The van der Waals surface area contributed by atoms with E-state index in [-0.39, 0.29) is 0 Å². The van der Waals surface area contributed by atoms with E-state index in [2.05, 4.69) is 21.4 Å². The molecular weight excluding hydrogens is 292 g/mol. The standard InChI is InChI=1S/C17H22N4O2/c1-3-20-9-8-18-16(21-10-12-23-13-11-21)17(20)19-14-4-6-15(22-2)7-5-14/h4-9H,3,10-13H2,1-2H3. The molecule has 1 fully saturated rings. The molecule has 3 rings (SSSR count). The van der Waals surface area contributed by atoms with Crippen molar-refractivity contribution in [2.45, 2.75) is 13.5 Å². The highest BCUT2D eigenvalue weighted by Gasteiger charge is 2.15. The molecule has 1 aliphatic heterocycles. The van der Waals surface area contributed by atoms with Crippen LogP contribution in [0.25, 0.3) is 0 Å². The molecule has 23 heavy (non-hydrogen) atoms. The molecule has 1 aromatic carbocycles.